The van der Waals surface area contributed by atoms with E-state index in [1.807, 2.05) is 18.2 Å². The lowest BCUT2D eigenvalue weighted by Gasteiger charge is -2.22. The summed E-state index contributed by atoms with van der Waals surface area (Å²) in [5, 5.41) is 0.434. The van der Waals surface area contributed by atoms with Crippen LogP contribution in [0.2, 0.25) is 5.02 Å². The Morgan fingerprint density at radius 2 is 1.81 bits per heavy atom. The van der Waals surface area contributed by atoms with Crippen molar-refractivity contribution < 1.29 is 9.18 Å². The predicted molar refractivity (Wildman–Crippen MR) is 84.6 cm³/mol. The van der Waals surface area contributed by atoms with Crippen LogP contribution >= 0.6 is 11.6 Å². The van der Waals surface area contributed by atoms with E-state index in [1.165, 1.54) is 18.2 Å². The van der Waals surface area contributed by atoms with Crippen LogP contribution < -0.4 is 0 Å². The molecule has 0 amide bonds. The lowest BCUT2D eigenvalue weighted by atomic mass is 9.82. The number of rotatable bonds is 3. The van der Waals surface area contributed by atoms with Gasteiger partial charge in [0.05, 0.1) is 0 Å². The minimum atomic E-state index is -0.402. The third kappa shape index (κ3) is 3.70. The molecule has 2 rings (SSSR count). The molecule has 0 N–H and O–H groups in total. The molecule has 3 heteroatoms. The Balaban J connectivity index is 2.36. The Hall–Kier alpha value is -1.67. The molecule has 0 aromatic heterocycles. The van der Waals surface area contributed by atoms with E-state index in [2.05, 4.69) is 20.8 Å². The summed E-state index contributed by atoms with van der Waals surface area (Å²) >= 11 is 5.87. The van der Waals surface area contributed by atoms with Crippen molar-refractivity contribution in [3.8, 4) is 0 Å². The van der Waals surface area contributed by atoms with Crippen molar-refractivity contribution in [2.45, 2.75) is 32.6 Å². The van der Waals surface area contributed by atoms with E-state index in [4.69, 9.17) is 11.6 Å². The molecular weight excluding hydrogens is 287 g/mol. The fourth-order valence-corrected chi connectivity index (χ4v) is 2.52. The van der Waals surface area contributed by atoms with Gasteiger partial charge in [0.1, 0.15) is 5.82 Å². The molecule has 0 aliphatic heterocycles. The highest BCUT2D eigenvalue weighted by molar-refractivity contribution is 6.30. The van der Waals surface area contributed by atoms with Crippen LogP contribution in [0.1, 0.15) is 42.3 Å². The number of hydrogen-bond acceptors (Lipinski definition) is 1. The van der Waals surface area contributed by atoms with Crippen molar-refractivity contribution in [2.24, 2.45) is 0 Å². The van der Waals surface area contributed by atoms with Crippen molar-refractivity contribution in [3.63, 3.8) is 0 Å². The van der Waals surface area contributed by atoms with E-state index in [1.54, 1.807) is 6.07 Å². The molecule has 0 heterocycles. The molecule has 0 atom stereocenters. The van der Waals surface area contributed by atoms with Crippen LogP contribution in [0.4, 0.5) is 4.39 Å². The summed E-state index contributed by atoms with van der Waals surface area (Å²) in [6, 6.07) is 11.8. The summed E-state index contributed by atoms with van der Waals surface area (Å²) in [4.78, 5) is 12.5. The number of carbonyl (C=O) groups excluding carboxylic acids is 1. The van der Waals surface area contributed by atoms with E-state index in [0.717, 1.165) is 5.56 Å². The smallest absolute Gasteiger partial charge is 0.167 e. The van der Waals surface area contributed by atoms with E-state index >= 15 is 0 Å². The van der Waals surface area contributed by atoms with E-state index in [0.29, 0.717) is 16.1 Å². The lowest BCUT2D eigenvalue weighted by Crippen LogP contribution is -2.18. The van der Waals surface area contributed by atoms with Gasteiger partial charge < -0.3 is 0 Å². The van der Waals surface area contributed by atoms with Crippen molar-refractivity contribution in [1.29, 1.82) is 0 Å². The third-order valence-electron chi connectivity index (χ3n) is 3.39. The topological polar surface area (TPSA) is 17.1 Å². The second-order valence-electron chi connectivity index (χ2n) is 6.13. The maximum absolute atomic E-state index is 13.8. The zero-order valence-electron chi connectivity index (χ0n) is 12.4. The molecule has 0 fully saturated rings. The van der Waals surface area contributed by atoms with Crippen LogP contribution in [0.3, 0.4) is 0 Å². The van der Waals surface area contributed by atoms with E-state index < -0.39 is 5.82 Å². The zero-order chi connectivity index (χ0) is 15.6. The number of benzene rings is 2. The average Bonchev–Trinajstić information content (AvgIpc) is 2.42. The molecule has 0 spiro atoms. The Morgan fingerprint density at radius 1 is 1.14 bits per heavy atom. The average molecular weight is 305 g/mol. The Kier molecular flexibility index (Phi) is 4.48. The van der Waals surface area contributed by atoms with Crippen LogP contribution in [-0.2, 0) is 11.8 Å². The largest absolute Gasteiger partial charge is 0.294 e. The Morgan fingerprint density at radius 3 is 2.48 bits per heavy atom. The lowest BCUT2D eigenvalue weighted by molar-refractivity contribution is 0.0989. The van der Waals surface area contributed by atoms with Gasteiger partial charge in [0.25, 0.3) is 0 Å². The van der Waals surface area contributed by atoms with Crippen molar-refractivity contribution in [1.82, 2.24) is 0 Å². The molecule has 2 aromatic carbocycles. The third-order valence-corrected chi connectivity index (χ3v) is 3.63. The highest BCUT2D eigenvalue weighted by Gasteiger charge is 2.21. The molecule has 110 valence electrons. The predicted octanol–water partition coefficient (Wildman–Crippen LogP) is 5.20. The van der Waals surface area contributed by atoms with E-state index in [-0.39, 0.29) is 17.6 Å². The first-order valence-electron chi connectivity index (χ1n) is 6.85. The Bertz CT molecular complexity index is 671. The Labute approximate surface area is 129 Å². The normalized spacial score (nSPS) is 11.5. The first-order valence-corrected chi connectivity index (χ1v) is 7.23. The first kappa shape index (κ1) is 15.7. The molecule has 1 nitrogen and oxygen atoms in total. The van der Waals surface area contributed by atoms with Crippen LogP contribution in [0.15, 0.2) is 42.5 Å². The summed E-state index contributed by atoms with van der Waals surface area (Å²) in [7, 11) is 0. The molecule has 2 aromatic rings. The van der Waals surface area contributed by atoms with Crippen molar-refractivity contribution >= 4 is 17.4 Å². The number of halogens is 2. The fourth-order valence-electron chi connectivity index (χ4n) is 2.33. The van der Waals surface area contributed by atoms with Gasteiger partial charge in [-0.05, 0) is 34.7 Å². The second-order valence-corrected chi connectivity index (χ2v) is 6.57. The van der Waals surface area contributed by atoms with Crippen LogP contribution in [0.25, 0.3) is 0 Å². The van der Waals surface area contributed by atoms with Gasteiger partial charge in [-0.3, -0.25) is 4.79 Å². The SMILES string of the molecule is CC(C)(C)c1ccccc1C(=O)Cc1cc(Cl)ccc1F. The van der Waals surface area contributed by atoms with Gasteiger partial charge in [-0.25, -0.2) is 4.39 Å². The van der Waals surface area contributed by atoms with Crippen LogP contribution in [0.5, 0.6) is 0 Å². The van der Waals surface area contributed by atoms with Crippen molar-refractivity contribution in [3.05, 3.63) is 70.0 Å². The maximum Gasteiger partial charge on any atom is 0.167 e. The molecule has 0 saturated heterocycles. The molecule has 21 heavy (non-hydrogen) atoms. The summed E-state index contributed by atoms with van der Waals surface area (Å²) in [6.07, 6.45) is 0.0134. The second kappa shape index (κ2) is 5.98. The number of ketones is 1. The monoisotopic (exact) mass is 304 g/mol. The molecule has 0 unspecified atom stereocenters. The van der Waals surface area contributed by atoms with Gasteiger partial charge in [0.2, 0.25) is 0 Å². The maximum atomic E-state index is 13.8. The quantitative estimate of drug-likeness (QED) is 0.712. The van der Waals surface area contributed by atoms with E-state index in [9.17, 15) is 9.18 Å². The summed E-state index contributed by atoms with van der Waals surface area (Å²) in [6.45, 7) is 6.16. The highest BCUT2D eigenvalue weighted by atomic mass is 35.5. The number of hydrogen-bond donors (Lipinski definition) is 0. The number of Topliss-reactive ketones (excluding diaryl/α,β-unsaturated/α-hetero) is 1. The highest BCUT2D eigenvalue weighted by Crippen LogP contribution is 2.27. The van der Waals surface area contributed by atoms with Crippen LogP contribution in [0, 0.1) is 5.82 Å². The molecule has 0 saturated carbocycles. The summed E-state index contributed by atoms with van der Waals surface area (Å²) in [5.74, 6) is -0.498. The fraction of sp³-hybridized carbons (Fsp3) is 0.278. The minimum absolute atomic E-state index is 0.0134. The zero-order valence-corrected chi connectivity index (χ0v) is 13.2. The molecule has 0 aliphatic rings. The van der Waals surface area contributed by atoms with Gasteiger partial charge in [-0.2, -0.15) is 0 Å². The van der Waals surface area contributed by atoms with Crippen LogP contribution in [-0.4, -0.2) is 5.78 Å². The van der Waals surface area contributed by atoms with Crippen molar-refractivity contribution in [2.75, 3.05) is 0 Å². The number of carbonyl (C=O) groups is 1. The first-order chi connectivity index (χ1) is 9.79. The van der Waals surface area contributed by atoms with Gasteiger partial charge in [-0.1, -0.05) is 56.6 Å². The van der Waals surface area contributed by atoms with Gasteiger partial charge in [0, 0.05) is 17.0 Å². The molecule has 0 aliphatic carbocycles. The minimum Gasteiger partial charge on any atom is -0.294 e. The summed E-state index contributed by atoms with van der Waals surface area (Å²) < 4.78 is 13.8. The summed E-state index contributed by atoms with van der Waals surface area (Å²) in [5.41, 5.74) is 1.80. The van der Waals surface area contributed by atoms with Gasteiger partial charge in [0.15, 0.2) is 5.78 Å². The molecule has 0 radical (unpaired) electrons. The molecular formula is C18H18ClFO. The van der Waals surface area contributed by atoms with Gasteiger partial charge in [-0.15, -0.1) is 0 Å². The molecule has 0 bridgehead atoms. The standard InChI is InChI=1S/C18H18ClFO/c1-18(2,3)15-7-5-4-6-14(15)17(21)11-12-10-13(19)8-9-16(12)20/h4-10H,11H2,1-3H3. The van der Waals surface area contributed by atoms with Gasteiger partial charge >= 0.3 is 0 Å².